The van der Waals surface area contributed by atoms with E-state index in [0.29, 0.717) is 19.0 Å². The molecule has 6 nitrogen and oxygen atoms in total. The van der Waals surface area contributed by atoms with Gasteiger partial charge in [0.25, 0.3) is 0 Å². The number of nitrogens with one attached hydrogen (secondary N) is 3. The van der Waals surface area contributed by atoms with Crippen molar-refractivity contribution in [3.05, 3.63) is 0 Å². The molecule has 18 heavy (non-hydrogen) atoms. The lowest BCUT2D eigenvalue weighted by Gasteiger charge is -2.06. The average molecular weight is 255 g/mol. The van der Waals surface area contributed by atoms with Crippen LogP contribution >= 0.6 is 0 Å². The summed E-state index contributed by atoms with van der Waals surface area (Å²) in [4.78, 5) is 33.8. The molecule has 0 unspecified atom stereocenters. The third kappa shape index (κ3) is 5.16. The van der Waals surface area contributed by atoms with Gasteiger partial charge in [-0.05, 0) is 19.3 Å². The SMILES string of the molecule is CCNC(=O)CNC(=O)CCNC(=O)[C@H]1C[C@H]1C. The van der Waals surface area contributed by atoms with Gasteiger partial charge in [0.05, 0.1) is 6.54 Å². The number of amides is 3. The van der Waals surface area contributed by atoms with Gasteiger partial charge in [-0.3, -0.25) is 14.4 Å². The molecule has 1 rings (SSSR count). The normalized spacial score (nSPS) is 21.0. The first-order valence-corrected chi connectivity index (χ1v) is 6.35. The van der Waals surface area contributed by atoms with Crippen molar-refractivity contribution in [2.45, 2.75) is 26.7 Å². The second-order valence-corrected chi connectivity index (χ2v) is 4.59. The van der Waals surface area contributed by atoms with Crippen molar-refractivity contribution in [3.8, 4) is 0 Å². The Balaban J connectivity index is 2.03. The average Bonchev–Trinajstić information content (AvgIpc) is 3.04. The summed E-state index contributed by atoms with van der Waals surface area (Å²) in [5.74, 6) is 0.186. The molecule has 0 aromatic heterocycles. The van der Waals surface area contributed by atoms with E-state index in [1.807, 2.05) is 13.8 Å². The molecule has 0 aromatic rings. The highest BCUT2D eigenvalue weighted by molar-refractivity contribution is 5.85. The summed E-state index contributed by atoms with van der Waals surface area (Å²) in [6.45, 7) is 4.70. The van der Waals surface area contributed by atoms with Crippen molar-refractivity contribution >= 4 is 17.7 Å². The highest BCUT2D eigenvalue weighted by Crippen LogP contribution is 2.37. The predicted octanol–water partition coefficient (Wildman–Crippen LogP) is -0.599. The van der Waals surface area contributed by atoms with Gasteiger partial charge >= 0.3 is 0 Å². The molecule has 0 heterocycles. The predicted molar refractivity (Wildman–Crippen MR) is 66.6 cm³/mol. The molecule has 3 amide bonds. The lowest BCUT2D eigenvalue weighted by atomic mass is 10.3. The van der Waals surface area contributed by atoms with E-state index >= 15 is 0 Å². The third-order valence-electron chi connectivity index (χ3n) is 2.92. The fourth-order valence-corrected chi connectivity index (χ4v) is 1.64. The van der Waals surface area contributed by atoms with E-state index < -0.39 is 0 Å². The Bertz CT molecular complexity index is 331. The van der Waals surface area contributed by atoms with Crippen LogP contribution in [0.25, 0.3) is 0 Å². The van der Waals surface area contributed by atoms with Crippen molar-refractivity contribution in [1.29, 1.82) is 0 Å². The number of carbonyl (C=O) groups excluding carboxylic acids is 3. The maximum Gasteiger partial charge on any atom is 0.239 e. The molecule has 0 saturated heterocycles. The molecule has 0 radical (unpaired) electrons. The van der Waals surface area contributed by atoms with Gasteiger partial charge in [0.1, 0.15) is 0 Å². The van der Waals surface area contributed by atoms with Crippen molar-refractivity contribution in [1.82, 2.24) is 16.0 Å². The molecule has 0 aromatic carbocycles. The number of hydrogen-bond donors (Lipinski definition) is 3. The summed E-state index contributed by atoms with van der Waals surface area (Å²) < 4.78 is 0. The van der Waals surface area contributed by atoms with Gasteiger partial charge < -0.3 is 16.0 Å². The summed E-state index contributed by atoms with van der Waals surface area (Å²) in [5, 5.41) is 7.79. The highest BCUT2D eigenvalue weighted by Gasteiger charge is 2.38. The molecule has 1 fully saturated rings. The first-order valence-electron chi connectivity index (χ1n) is 6.35. The van der Waals surface area contributed by atoms with Crippen LogP contribution in [-0.2, 0) is 14.4 Å². The monoisotopic (exact) mass is 255 g/mol. The van der Waals surface area contributed by atoms with Crippen molar-refractivity contribution in [2.75, 3.05) is 19.6 Å². The molecule has 0 aliphatic heterocycles. The van der Waals surface area contributed by atoms with Gasteiger partial charge in [-0.15, -0.1) is 0 Å². The first kappa shape index (κ1) is 14.5. The Hall–Kier alpha value is -1.59. The number of carbonyl (C=O) groups is 3. The molecule has 2 atom stereocenters. The van der Waals surface area contributed by atoms with Crippen LogP contribution in [0.2, 0.25) is 0 Å². The molecule has 0 bridgehead atoms. The summed E-state index contributed by atoms with van der Waals surface area (Å²) in [6.07, 6.45) is 1.14. The van der Waals surface area contributed by atoms with Crippen LogP contribution in [0.5, 0.6) is 0 Å². The van der Waals surface area contributed by atoms with E-state index in [1.54, 1.807) is 0 Å². The van der Waals surface area contributed by atoms with E-state index in [2.05, 4.69) is 16.0 Å². The standard InChI is InChI=1S/C12H21N3O3/c1-3-13-11(17)7-15-10(16)4-5-14-12(18)9-6-8(9)2/h8-9H,3-7H2,1-2H3,(H,13,17)(H,14,18)(H,15,16)/t8-,9+/m1/s1. The van der Waals surface area contributed by atoms with Crippen LogP contribution < -0.4 is 16.0 Å². The summed E-state index contributed by atoms with van der Waals surface area (Å²) in [6, 6.07) is 0. The Morgan fingerprint density at radius 2 is 1.78 bits per heavy atom. The second kappa shape index (κ2) is 6.98. The Morgan fingerprint density at radius 1 is 1.11 bits per heavy atom. The Labute approximate surface area is 107 Å². The molecule has 6 heteroatoms. The Morgan fingerprint density at radius 3 is 2.33 bits per heavy atom. The highest BCUT2D eigenvalue weighted by atomic mass is 16.2. The molecular weight excluding hydrogens is 234 g/mol. The maximum absolute atomic E-state index is 11.4. The third-order valence-corrected chi connectivity index (χ3v) is 2.92. The van der Waals surface area contributed by atoms with Crippen LogP contribution in [0.1, 0.15) is 26.7 Å². The van der Waals surface area contributed by atoms with E-state index in [-0.39, 0.29) is 36.6 Å². The van der Waals surface area contributed by atoms with E-state index in [0.717, 1.165) is 6.42 Å². The van der Waals surface area contributed by atoms with Crippen LogP contribution in [0.4, 0.5) is 0 Å². The molecular formula is C12H21N3O3. The molecule has 1 saturated carbocycles. The molecule has 102 valence electrons. The van der Waals surface area contributed by atoms with Gasteiger partial charge in [0.15, 0.2) is 0 Å². The fraction of sp³-hybridized carbons (Fsp3) is 0.750. The topological polar surface area (TPSA) is 87.3 Å². The molecule has 0 spiro atoms. The minimum atomic E-state index is -0.231. The molecule has 3 N–H and O–H groups in total. The lowest BCUT2D eigenvalue weighted by Crippen LogP contribution is -2.38. The first-order chi connectivity index (χ1) is 8.54. The maximum atomic E-state index is 11.4. The molecule has 1 aliphatic carbocycles. The minimum absolute atomic E-state index is 0.0136. The number of likely N-dealkylation sites (N-methyl/N-ethyl adjacent to an activating group) is 1. The zero-order valence-electron chi connectivity index (χ0n) is 10.9. The van der Waals surface area contributed by atoms with E-state index in [9.17, 15) is 14.4 Å². The number of rotatable bonds is 7. The second-order valence-electron chi connectivity index (χ2n) is 4.59. The van der Waals surface area contributed by atoms with Gasteiger partial charge in [-0.1, -0.05) is 6.92 Å². The van der Waals surface area contributed by atoms with E-state index in [4.69, 9.17) is 0 Å². The largest absolute Gasteiger partial charge is 0.355 e. The lowest BCUT2D eigenvalue weighted by molar-refractivity contribution is -0.126. The smallest absolute Gasteiger partial charge is 0.239 e. The van der Waals surface area contributed by atoms with Crippen LogP contribution in [0.15, 0.2) is 0 Å². The van der Waals surface area contributed by atoms with Crippen molar-refractivity contribution in [2.24, 2.45) is 11.8 Å². The zero-order chi connectivity index (χ0) is 13.5. The summed E-state index contributed by atoms with van der Waals surface area (Å²) in [7, 11) is 0. The quantitative estimate of drug-likeness (QED) is 0.568. The number of hydrogen-bond acceptors (Lipinski definition) is 3. The van der Waals surface area contributed by atoms with Gasteiger partial charge in [-0.2, -0.15) is 0 Å². The van der Waals surface area contributed by atoms with Gasteiger partial charge in [-0.25, -0.2) is 0 Å². The van der Waals surface area contributed by atoms with Gasteiger partial charge in [0.2, 0.25) is 17.7 Å². The van der Waals surface area contributed by atoms with Crippen LogP contribution in [0.3, 0.4) is 0 Å². The van der Waals surface area contributed by atoms with Crippen LogP contribution in [0, 0.1) is 11.8 Å². The fourth-order valence-electron chi connectivity index (χ4n) is 1.64. The van der Waals surface area contributed by atoms with Crippen molar-refractivity contribution < 1.29 is 14.4 Å². The molecule has 1 aliphatic rings. The van der Waals surface area contributed by atoms with Crippen LogP contribution in [-0.4, -0.2) is 37.4 Å². The van der Waals surface area contributed by atoms with Gasteiger partial charge in [0, 0.05) is 25.4 Å². The Kier molecular flexibility index (Phi) is 5.61. The van der Waals surface area contributed by atoms with E-state index in [1.165, 1.54) is 0 Å². The van der Waals surface area contributed by atoms with Crippen molar-refractivity contribution in [3.63, 3.8) is 0 Å². The summed E-state index contributed by atoms with van der Waals surface area (Å²) in [5.41, 5.74) is 0. The minimum Gasteiger partial charge on any atom is -0.355 e. The summed E-state index contributed by atoms with van der Waals surface area (Å²) >= 11 is 0. The zero-order valence-corrected chi connectivity index (χ0v) is 10.9.